The summed E-state index contributed by atoms with van der Waals surface area (Å²) in [6.45, 7) is 0. The van der Waals surface area contributed by atoms with E-state index in [1.54, 1.807) is 6.33 Å². The molecule has 2 heterocycles. The molecule has 6 nitrogen and oxygen atoms in total. The smallest absolute Gasteiger partial charge is 0.231 e. The van der Waals surface area contributed by atoms with E-state index in [2.05, 4.69) is 30.5 Å². The van der Waals surface area contributed by atoms with E-state index in [4.69, 9.17) is 0 Å². The van der Waals surface area contributed by atoms with Crippen LogP contribution in [0.15, 0.2) is 30.6 Å². The van der Waals surface area contributed by atoms with Crippen molar-refractivity contribution in [2.75, 3.05) is 5.32 Å². The molecule has 0 amide bonds. The Morgan fingerprint density at radius 1 is 1.00 bits per heavy atom. The minimum Gasteiger partial charge on any atom is -0.307 e. The molecule has 1 saturated carbocycles. The van der Waals surface area contributed by atoms with Crippen molar-refractivity contribution in [2.24, 2.45) is 0 Å². The number of H-pyrrole nitrogens is 1. The normalized spacial score (nSPS) is 16.3. The first-order valence-corrected chi connectivity index (χ1v) is 8.29. The predicted molar refractivity (Wildman–Crippen MR) is 89.6 cm³/mol. The first kappa shape index (κ1) is 14.1. The molecule has 0 radical (unpaired) electrons. The summed E-state index contributed by atoms with van der Waals surface area (Å²) in [5.74, 6) is 2.68. The number of nitrogens with one attached hydrogen (secondary N) is 2. The topological polar surface area (TPSA) is 79.4 Å². The fourth-order valence-electron chi connectivity index (χ4n) is 3.27. The molecule has 2 aromatic heterocycles. The Hall–Kier alpha value is -2.50. The second-order valence-electron chi connectivity index (χ2n) is 6.10. The first-order valence-electron chi connectivity index (χ1n) is 8.29. The molecule has 3 aromatic rings. The number of anilines is 2. The third-order valence-corrected chi connectivity index (χ3v) is 4.51. The largest absolute Gasteiger partial charge is 0.307 e. The lowest BCUT2D eigenvalue weighted by atomic mass is 10.00. The molecule has 2 N–H and O–H groups in total. The van der Waals surface area contributed by atoms with Crippen LogP contribution in [-0.4, -0.2) is 25.1 Å². The maximum absolute atomic E-state index is 4.63. The molecule has 0 bridgehead atoms. The lowest BCUT2D eigenvalue weighted by molar-refractivity contribution is 0.558. The standard InChI is InChI=1S/C17H20N6/c1-2-4-8-12(7-3-1)15-18-11-19-17(20-15)21-16-13-9-5-6-10-14(13)22-23-16/h5-6,9-12H,1-4,7-8H2,(H2,18,19,20,21,22,23). The third kappa shape index (κ3) is 3.02. The van der Waals surface area contributed by atoms with Crippen LogP contribution in [0.2, 0.25) is 0 Å². The lowest BCUT2D eigenvalue weighted by Crippen LogP contribution is -2.07. The number of para-hydroxylation sites is 1. The summed E-state index contributed by atoms with van der Waals surface area (Å²) in [4.78, 5) is 13.3. The van der Waals surface area contributed by atoms with E-state index in [0.717, 1.165) is 22.5 Å². The van der Waals surface area contributed by atoms with Gasteiger partial charge in [0.05, 0.1) is 5.52 Å². The van der Waals surface area contributed by atoms with E-state index in [9.17, 15) is 0 Å². The predicted octanol–water partition coefficient (Wildman–Crippen LogP) is 3.93. The van der Waals surface area contributed by atoms with E-state index in [1.165, 1.54) is 38.5 Å². The SMILES string of the molecule is c1ccc2c(Nc3ncnc(C4CCCCCC4)n3)n[nH]c2c1. The number of hydrogen-bond donors (Lipinski definition) is 2. The van der Waals surface area contributed by atoms with Crippen LogP contribution in [0.4, 0.5) is 11.8 Å². The Morgan fingerprint density at radius 3 is 2.70 bits per heavy atom. The summed E-state index contributed by atoms with van der Waals surface area (Å²) in [5, 5.41) is 11.6. The van der Waals surface area contributed by atoms with Gasteiger partial charge in [0.15, 0.2) is 5.82 Å². The molecule has 6 heteroatoms. The molecule has 0 saturated heterocycles. The highest BCUT2D eigenvalue weighted by Crippen LogP contribution is 2.30. The minimum atomic E-state index is 0.456. The quantitative estimate of drug-likeness (QED) is 0.717. The van der Waals surface area contributed by atoms with Crippen molar-refractivity contribution >= 4 is 22.7 Å². The highest BCUT2D eigenvalue weighted by Gasteiger charge is 2.18. The molecular weight excluding hydrogens is 288 g/mol. The molecule has 1 aliphatic carbocycles. The zero-order valence-corrected chi connectivity index (χ0v) is 13.0. The minimum absolute atomic E-state index is 0.456. The van der Waals surface area contributed by atoms with Gasteiger partial charge in [-0.1, -0.05) is 37.8 Å². The maximum Gasteiger partial charge on any atom is 0.231 e. The van der Waals surface area contributed by atoms with Gasteiger partial charge in [0, 0.05) is 11.3 Å². The highest BCUT2D eigenvalue weighted by atomic mass is 15.2. The van der Waals surface area contributed by atoms with E-state index in [0.29, 0.717) is 11.9 Å². The molecule has 0 atom stereocenters. The van der Waals surface area contributed by atoms with E-state index < -0.39 is 0 Å². The van der Waals surface area contributed by atoms with Crippen LogP contribution in [0.1, 0.15) is 50.3 Å². The Kier molecular flexibility index (Phi) is 3.88. The number of rotatable bonds is 3. The van der Waals surface area contributed by atoms with Crippen LogP contribution in [0.3, 0.4) is 0 Å². The number of nitrogens with zero attached hydrogens (tertiary/aromatic N) is 4. The number of aromatic amines is 1. The van der Waals surface area contributed by atoms with Crippen LogP contribution in [0, 0.1) is 0 Å². The zero-order chi connectivity index (χ0) is 15.5. The molecule has 0 unspecified atom stereocenters. The zero-order valence-electron chi connectivity index (χ0n) is 13.0. The second kappa shape index (κ2) is 6.32. The first-order chi connectivity index (χ1) is 11.4. The summed E-state index contributed by atoms with van der Waals surface area (Å²) >= 11 is 0. The molecular formula is C17H20N6. The van der Waals surface area contributed by atoms with E-state index in [-0.39, 0.29) is 0 Å². The van der Waals surface area contributed by atoms with E-state index in [1.807, 2.05) is 24.3 Å². The fourth-order valence-corrected chi connectivity index (χ4v) is 3.27. The summed E-state index contributed by atoms with van der Waals surface area (Å²) in [6, 6.07) is 8.00. The second-order valence-corrected chi connectivity index (χ2v) is 6.10. The van der Waals surface area contributed by atoms with Crippen LogP contribution in [0.5, 0.6) is 0 Å². The molecule has 118 valence electrons. The number of benzene rings is 1. The van der Waals surface area contributed by atoms with Crippen molar-refractivity contribution in [1.29, 1.82) is 0 Å². The van der Waals surface area contributed by atoms with Crippen molar-refractivity contribution in [3.05, 3.63) is 36.4 Å². The van der Waals surface area contributed by atoms with Gasteiger partial charge >= 0.3 is 0 Å². The van der Waals surface area contributed by atoms with Crippen molar-refractivity contribution in [2.45, 2.75) is 44.4 Å². The van der Waals surface area contributed by atoms with Gasteiger partial charge in [-0.15, -0.1) is 0 Å². The van der Waals surface area contributed by atoms with Crippen molar-refractivity contribution in [3.8, 4) is 0 Å². The summed E-state index contributed by atoms with van der Waals surface area (Å²) < 4.78 is 0. The van der Waals surface area contributed by atoms with Gasteiger partial charge in [0.25, 0.3) is 0 Å². The van der Waals surface area contributed by atoms with Gasteiger partial charge in [-0.05, 0) is 25.0 Å². The van der Waals surface area contributed by atoms with Crippen LogP contribution in [-0.2, 0) is 0 Å². The number of hydrogen-bond acceptors (Lipinski definition) is 5. The van der Waals surface area contributed by atoms with Gasteiger partial charge in [-0.3, -0.25) is 5.10 Å². The molecule has 1 aromatic carbocycles. The molecule has 1 fully saturated rings. The van der Waals surface area contributed by atoms with Gasteiger partial charge < -0.3 is 5.32 Å². The summed E-state index contributed by atoms with van der Waals surface area (Å²) in [5.41, 5.74) is 0.994. The van der Waals surface area contributed by atoms with Crippen molar-refractivity contribution in [1.82, 2.24) is 25.1 Å². The average Bonchev–Trinajstić information content (AvgIpc) is 2.82. The molecule has 23 heavy (non-hydrogen) atoms. The Labute approximate surface area is 134 Å². The maximum atomic E-state index is 4.63. The van der Waals surface area contributed by atoms with Gasteiger partial charge in [0.2, 0.25) is 5.95 Å². The Morgan fingerprint density at radius 2 is 1.83 bits per heavy atom. The Balaban J connectivity index is 1.58. The van der Waals surface area contributed by atoms with Crippen LogP contribution in [0.25, 0.3) is 10.9 Å². The summed E-state index contributed by atoms with van der Waals surface area (Å²) in [6.07, 6.45) is 9.14. The lowest BCUT2D eigenvalue weighted by Gasteiger charge is -2.12. The van der Waals surface area contributed by atoms with Crippen molar-refractivity contribution in [3.63, 3.8) is 0 Å². The molecule has 0 spiro atoms. The van der Waals surface area contributed by atoms with Gasteiger partial charge in [0.1, 0.15) is 12.2 Å². The van der Waals surface area contributed by atoms with Gasteiger partial charge in [-0.25, -0.2) is 9.97 Å². The molecule has 1 aliphatic rings. The third-order valence-electron chi connectivity index (χ3n) is 4.51. The average molecular weight is 308 g/mol. The number of fused-ring (bicyclic) bond motifs is 1. The highest BCUT2D eigenvalue weighted by molar-refractivity contribution is 5.90. The van der Waals surface area contributed by atoms with Crippen LogP contribution >= 0.6 is 0 Å². The molecule has 4 rings (SSSR count). The van der Waals surface area contributed by atoms with E-state index >= 15 is 0 Å². The molecule has 0 aliphatic heterocycles. The fraction of sp³-hybridized carbons (Fsp3) is 0.412. The monoisotopic (exact) mass is 308 g/mol. The summed E-state index contributed by atoms with van der Waals surface area (Å²) in [7, 11) is 0. The van der Waals surface area contributed by atoms with Crippen LogP contribution < -0.4 is 5.32 Å². The van der Waals surface area contributed by atoms with Gasteiger partial charge in [-0.2, -0.15) is 10.1 Å². The number of aromatic nitrogens is 5. The van der Waals surface area contributed by atoms with Crippen molar-refractivity contribution < 1.29 is 0 Å². The Bertz CT molecular complexity index is 788.